The van der Waals surface area contributed by atoms with Gasteiger partial charge in [-0.05, 0) is 38.3 Å². The van der Waals surface area contributed by atoms with E-state index in [1.807, 2.05) is 23.1 Å². The molecule has 0 aromatic heterocycles. The maximum Gasteiger partial charge on any atom is 0.239 e. The number of carbonyl (C=O) groups is 1. The molecule has 2 atom stereocenters. The van der Waals surface area contributed by atoms with Crippen molar-refractivity contribution in [3.05, 3.63) is 29.8 Å². The van der Waals surface area contributed by atoms with Crippen molar-refractivity contribution in [1.29, 1.82) is 0 Å². The molecule has 0 spiro atoms. The number of amides is 1. The van der Waals surface area contributed by atoms with Crippen molar-refractivity contribution in [2.75, 3.05) is 59.5 Å². The fourth-order valence-electron chi connectivity index (χ4n) is 4.50. The molecule has 2 unspecified atom stereocenters. The first kappa shape index (κ1) is 23.4. The molecule has 2 fully saturated rings. The molecule has 7 nitrogen and oxygen atoms in total. The smallest absolute Gasteiger partial charge is 0.239 e. The van der Waals surface area contributed by atoms with Gasteiger partial charge in [0.25, 0.3) is 0 Å². The lowest BCUT2D eigenvalue weighted by molar-refractivity contribution is -0.135. The van der Waals surface area contributed by atoms with E-state index in [0.717, 1.165) is 70.4 Å². The van der Waals surface area contributed by atoms with Gasteiger partial charge in [0.2, 0.25) is 5.91 Å². The van der Waals surface area contributed by atoms with Crippen molar-refractivity contribution >= 4 is 11.9 Å². The summed E-state index contributed by atoms with van der Waals surface area (Å²) in [5.74, 6) is 2.43. The van der Waals surface area contributed by atoms with Crippen LogP contribution in [-0.2, 0) is 4.79 Å². The number of carbonyl (C=O) groups excluding carboxylic acids is 1. The largest absolute Gasteiger partial charge is 0.496 e. The Bertz CT molecular complexity index is 739. The van der Waals surface area contributed by atoms with Crippen molar-refractivity contribution in [1.82, 2.24) is 20.0 Å². The number of nitrogens with zero attached hydrogens (tertiary/aromatic N) is 4. The molecule has 2 aliphatic heterocycles. The summed E-state index contributed by atoms with van der Waals surface area (Å²) in [5, 5.41) is 3.45. The van der Waals surface area contributed by atoms with Crippen LogP contribution in [0.5, 0.6) is 5.75 Å². The average molecular weight is 430 g/mol. The van der Waals surface area contributed by atoms with Crippen molar-refractivity contribution in [3.8, 4) is 5.75 Å². The van der Waals surface area contributed by atoms with E-state index in [1.54, 1.807) is 7.11 Å². The van der Waals surface area contributed by atoms with Gasteiger partial charge in [-0.1, -0.05) is 25.1 Å². The number of rotatable bonds is 7. The molecule has 1 aromatic rings. The van der Waals surface area contributed by atoms with E-state index >= 15 is 0 Å². The predicted molar refractivity (Wildman–Crippen MR) is 126 cm³/mol. The van der Waals surface area contributed by atoms with Crippen LogP contribution in [0, 0.1) is 0 Å². The number of para-hydroxylation sites is 1. The van der Waals surface area contributed by atoms with Crippen LogP contribution in [0.25, 0.3) is 0 Å². The highest BCUT2D eigenvalue weighted by atomic mass is 16.5. The lowest BCUT2D eigenvalue weighted by Crippen LogP contribution is -2.57. The molecule has 0 bridgehead atoms. The molecule has 7 heteroatoms. The van der Waals surface area contributed by atoms with Gasteiger partial charge in [-0.2, -0.15) is 0 Å². The van der Waals surface area contributed by atoms with E-state index in [4.69, 9.17) is 9.73 Å². The second kappa shape index (κ2) is 11.4. The summed E-state index contributed by atoms with van der Waals surface area (Å²) in [6, 6.07) is 8.13. The first-order chi connectivity index (χ1) is 15.0. The Morgan fingerprint density at radius 1 is 1.06 bits per heavy atom. The Kier molecular flexibility index (Phi) is 8.58. The third-order valence-corrected chi connectivity index (χ3v) is 6.46. The minimum absolute atomic E-state index is 0.0367. The fourth-order valence-corrected chi connectivity index (χ4v) is 4.50. The van der Waals surface area contributed by atoms with E-state index < -0.39 is 0 Å². The monoisotopic (exact) mass is 429 g/mol. The van der Waals surface area contributed by atoms with Crippen molar-refractivity contribution in [3.63, 3.8) is 0 Å². The highest BCUT2D eigenvalue weighted by Gasteiger charge is 2.30. The van der Waals surface area contributed by atoms with Gasteiger partial charge >= 0.3 is 0 Å². The van der Waals surface area contributed by atoms with Gasteiger partial charge in [-0.25, -0.2) is 0 Å². The summed E-state index contributed by atoms with van der Waals surface area (Å²) in [4.78, 5) is 24.4. The Balaban J connectivity index is 1.57. The molecule has 2 saturated heterocycles. The van der Waals surface area contributed by atoms with Crippen LogP contribution < -0.4 is 10.1 Å². The molecular formula is C24H39N5O2. The van der Waals surface area contributed by atoms with Crippen LogP contribution in [-0.4, -0.2) is 92.1 Å². The zero-order valence-electron chi connectivity index (χ0n) is 19.6. The topological polar surface area (TPSA) is 60.4 Å². The molecule has 0 aliphatic carbocycles. The third-order valence-electron chi connectivity index (χ3n) is 6.46. The summed E-state index contributed by atoms with van der Waals surface area (Å²) < 4.78 is 5.52. The number of hydrogen-bond acceptors (Lipinski definition) is 4. The number of hydrogen-bond donors (Lipinski definition) is 1. The van der Waals surface area contributed by atoms with Crippen LogP contribution in [0.3, 0.4) is 0 Å². The molecule has 1 aromatic carbocycles. The Morgan fingerprint density at radius 3 is 2.39 bits per heavy atom. The number of guanidine groups is 1. The highest BCUT2D eigenvalue weighted by molar-refractivity contribution is 5.82. The van der Waals surface area contributed by atoms with Gasteiger partial charge in [0, 0.05) is 58.3 Å². The van der Waals surface area contributed by atoms with Crippen LogP contribution >= 0.6 is 0 Å². The number of aliphatic imine (C=N–C) groups is 1. The number of benzene rings is 1. The molecule has 2 heterocycles. The van der Waals surface area contributed by atoms with Crippen LogP contribution in [0.15, 0.2) is 29.3 Å². The number of nitrogens with one attached hydrogen (secondary N) is 1. The maximum absolute atomic E-state index is 12.8. The number of ether oxygens (including phenoxy) is 1. The van der Waals surface area contributed by atoms with Gasteiger partial charge < -0.3 is 19.9 Å². The molecule has 1 N–H and O–H groups in total. The lowest BCUT2D eigenvalue weighted by atomic mass is 10.0. The first-order valence-corrected chi connectivity index (χ1v) is 11.7. The van der Waals surface area contributed by atoms with E-state index in [-0.39, 0.29) is 17.9 Å². The number of likely N-dealkylation sites (tertiary alicyclic amines) is 1. The van der Waals surface area contributed by atoms with Crippen molar-refractivity contribution in [2.45, 2.75) is 45.6 Å². The quantitative estimate of drug-likeness (QED) is 0.533. The predicted octanol–water partition coefficient (Wildman–Crippen LogP) is 2.39. The van der Waals surface area contributed by atoms with E-state index in [0.29, 0.717) is 6.54 Å². The van der Waals surface area contributed by atoms with Crippen molar-refractivity contribution < 1.29 is 9.53 Å². The van der Waals surface area contributed by atoms with Crippen LogP contribution in [0.4, 0.5) is 0 Å². The lowest BCUT2D eigenvalue weighted by Gasteiger charge is -2.39. The van der Waals surface area contributed by atoms with Gasteiger partial charge in [0.05, 0.1) is 13.2 Å². The molecule has 31 heavy (non-hydrogen) atoms. The first-order valence-electron chi connectivity index (χ1n) is 11.7. The Hall–Kier alpha value is -2.28. The normalized spacial score (nSPS) is 19.9. The zero-order chi connectivity index (χ0) is 22.2. The summed E-state index contributed by atoms with van der Waals surface area (Å²) in [5.41, 5.74) is 1.18. The standard InChI is InChI=1S/C24H39N5O2/c1-5-25-24(26-18-19(2)21-10-6-7-11-22(21)31-4)29-16-14-27(15-17-29)20(3)23(30)28-12-8-9-13-28/h6-7,10-11,19-20H,5,8-9,12-18H2,1-4H3,(H,25,26). The van der Waals surface area contributed by atoms with E-state index in [2.05, 4.69) is 42.0 Å². The van der Waals surface area contributed by atoms with Crippen LogP contribution in [0.1, 0.15) is 45.1 Å². The summed E-state index contributed by atoms with van der Waals surface area (Å²) in [7, 11) is 1.72. The molecular weight excluding hydrogens is 390 g/mol. The summed E-state index contributed by atoms with van der Waals surface area (Å²) >= 11 is 0. The van der Waals surface area contributed by atoms with Crippen LogP contribution in [0.2, 0.25) is 0 Å². The summed E-state index contributed by atoms with van der Waals surface area (Å²) in [6.45, 7) is 13.3. The van der Waals surface area contributed by atoms with E-state index in [9.17, 15) is 4.79 Å². The average Bonchev–Trinajstić information content (AvgIpc) is 3.35. The van der Waals surface area contributed by atoms with Crippen molar-refractivity contribution in [2.24, 2.45) is 4.99 Å². The second-order valence-corrected chi connectivity index (χ2v) is 8.57. The SMILES string of the molecule is CCNC(=NCC(C)c1ccccc1OC)N1CCN(C(C)C(=O)N2CCCC2)CC1. The minimum atomic E-state index is -0.0367. The molecule has 0 radical (unpaired) electrons. The second-order valence-electron chi connectivity index (χ2n) is 8.57. The van der Waals surface area contributed by atoms with E-state index in [1.165, 1.54) is 5.56 Å². The van der Waals surface area contributed by atoms with Gasteiger partial charge in [0.15, 0.2) is 5.96 Å². The fraction of sp³-hybridized carbons (Fsp3) is 0.667. The Morgan fingerprint density at radius 2 is 1.74 bits per heavy atom. The highest BCUT2D eigenvalue weighted by Crippen LogP contribution is 2.26. The zero-order valence-corrected chi connectivity index (χ0v) is 19.6. The van der Waals surface area contributed by atoms with Gasteiger partial charge in [0.1, 0.15) is 5.75 Å². The maximum atomic E-state index is 12.8. The molecule has 0 saturated carbocycles. The summed E-state index contributed by atoms with van der Waals surface area (Å²) in [6.07, 6.45) is 2.28. The molecule has 1 amide bonds. The minimum Gasteiger partial charge on any atom is -0.496 e. The number of methoxy groups -OCH3 is 1. The molecule has 172 valence electrons. The van der Waals surface area contributed by atoms with Gasteiger partial charge in [-0.3, -0.25) is 14.7 Å². The third kappa shape index (κ3) is 5.91. The van der Waals surface area contributed by atoms with Gasteiger partial charge in [-0.15, -0.1) is 0 Å². The number of piperazine rings is 1. The molecule has 2 aliphatic rings. The molecule has 3 rings (SSSR count). The Labute approximate surface area is 187 Å².